The van der Waals surface area contributed by atoms with E-state index in [0.717, 1.165) is 34.7 Å². The summed E-state index contributed by atoms with van der Waals surface area (Å²) in [5.41, 5.74) is 1.25. The van der Waals surface area contributed by atoms with Crippen molar-refractivity contribution < 1.29 is 9.47 Å². The van der Waals surface area contributed by atoms with Gasteiger partial charge in [-0.3, -0.25) is 0 Å². The van der Waals surface area contributed by atoms with Gasteiger partial charge in [-0.15, -0.1) is 0 Å². The van der Waals surface area contributed by atoms with Gasteiger partial charge in [0.25, 0.3) is 0 Å². The maximum absolute atomic E-state index is 6.53. The molecule has 1 aromatic carbocycles. The van der Waals surface area contributed by atoms with Gasteiger partial charge in [-0.05, 0) is 37.0 Å². The van der Waals surface area contributed by atoms with Gasteiger partial charge in [0.1, 0.15) is 5.82 Å². The van der Waals surface area contributed by atoms with Crippen LogP contribution in [0.25, 0.3) is 0 Å². The molecule has 1 saturated carbocycles. The summed E-state index contributed by atoms with van der Waals surface area (Å²) in [6.45, 7) is 0.668. The molecule has 1 aliphatic carbocycles. The van der Waals surface area contributed by atoms with Gasteiger partial charge in [0, 0.05) is 34.8 Å². The Kier molecular flexibility index (Phi) is 6.99. The van der Waals surface area contributed by atoms with Crippen molar-refractivity contribution in [2.24, 2.45) is 0 Å². The molecule has 2 fully saturated rings. The maximum Gasteiger partial charge on any atom is 0.176 e. The minimum atomic E-state index is -0.602. The molecule has 0 bridgehead atoms. The Bertz CT molecular complexity index is 719. The van der Waals surface area contributed by atoms with E-state index in [1.54, 1.807) is 6.20 Å². The van der Waals surface area contributed by atoms with Gasteiger partial charge >= 0.3 is 0 Å². The first-order chi connectivity index (χ1) is 13.7. The van der Waals surface area contributed by atoms with E-state index >= 15 is 0 Å². The fraction of sp³-hybridized carbons (Fsp3) is 0.591. The number of nitrogens with one attached hydrogen (secondary N) is 1. The lowest BCUT2D eigenvalue weighted by Crippen LogP contribution is -2.35. The zero-order valence-corrected chi connectivity index (χ0v) is 17.8. The number of benzene rings is 1. The van der Waals surface area contributed by atoms with Crippen LogP contribution in [0.3, 0.4) is 0 Å². The van der Waals surface area contributed by atoms with Crippen molar-refractivity contribution in [3.05, 3.63) is 53.1 Å². The summed E-state index contributed by atoms with van der Waals surface area (Å²) in [6.07, 6.45) is 13.0. The first kappa shape index (κ1) is 20.3. The molecular formula is C22H29ClN2O2S. The van der Waals surface area contributed by atoms with Gasteiger partial charge in [-0.1, -0.05) is 43.0 Å². The number of aryl methyl sites for hydroxylation is 1. The second-order valence-corrected chi connectivity index (χ2v) is 9.66. The SMILES string of the molecule is Clc1ccc(CCC2(Cc3ncc[nH]3)OCC(CSC3CCCCC3)O2)cc1. The minimum absolute atomic E-state index is 0.159. The third-order valence-electron chi connectivity index (χ3n) is 5.68. The van der Waals surface area contributed by atoms with Crippen molar-refractivity contribution in [2.75, 3.05) is 12.4 Å². The van der Waals surface area contributed by atoms with E-state index in [2.05, 4.69) is 33.9 Å². The van der Waals surface area contributed by atoms with Gasteiger partial charge < -0.3 is 14.5 Å². The van der Waals surface area contributed by atoms with Crippen molar-refractivity contribution in [1.82, 2.24) is 9.97 Å². The monoisotopic (exact) mass is 420 g/mol. The van der Waals surface area contributed by atoms with Gasteiger partial charge in [0.05, 0.1) is 19.1 Å². The number of ether oxygens (including phenoxy) is 2. The van der Waals surface area contributed by atoms with Crippen LogP contribution in [0, 0.1) is 0 Å². The summed E-state index contributed by atoms with van der Waals surface area (Å²) < 4.78 is 12.8. The van der Waals surface area contributed by atoms with Crippen molar-refractivity contribution in [3.8, 4) is 0 Å². The van der Waals surface area contributed by atoms with Crippen LogP contribution in [0.4, 0.5) is 0 Å². The summed E-state index contributed by atoms with van der Waals surface area (Å²) >= 11 is 8.09. The topological polar surface area (TPSA) is 47.1 Å². The highest BCUT2D eigenvalue weighted by Gasteiger charge is 2.42. The average molecular weight is 421 g/mol. The third-order valence-corrected chi connectivity index (χ3v) is 7.44. The van der Waals surface area contributed by atoms with Crippen LogP contribution in [0.1, 0.15) is 49.9 Å². The first-order valence-electron chi connectivity index (χ1n) is 10.4. The number of H-pyrrole nitrogens is 1. The molecular weight excluding hydrogens is 392 g/mol. The van der Waals surface area contributed by atoms with E-state index in [1.165, 1.54) is 37.7 Å². The molecule has 0 spiro atoms. The predicted molar refractivity (Wildman–Crippen MR) is 115 cm³/mol. The number of hydrogen-bond donors (Lipinski definition) is 1. The Balaban J connectivity index is 1.36. The molecule has 1 saturated heterocycles. The second-order valence-electron chi connectivity index (χ2n) is 7.89. The number of imidazole rings is 1. The Labute approximate surface area is 176 Å². The molecule has 4 nitrogen and oxygen atoms in total. The number of rotatable bonds is 8. The average Bonchev–Trinajstić information content (AvgIpc) is 3.38. The summed E-state index contributed by atoms with van der Waals surface area (Å²) in [4.78, 5) is 7.60. The number of aromatic amines is 1. The van der Waals surface area contributed by atoms with E-state index in [9.17, 15) is 0 Å². The van der Waals surface area contributed by atoms with E-state index in [4.69, 9.17) is 21.1 Å². The van der Waals surface area contributed by atoms with Crippen molar-refractivity contribution >= 4 is 23.4 Å². The van der Waals surface area contributed by atoms with Crippen LogP contribution in [0.5, 0.6) is 0 Å². The molecule has 0 radical (unpaired) electrons. The van der Waals surface area contributed by atoms with Crippen LogP contribution < -0.4 is 0 Å². The largest absolute Gasteiger partial charge is 0.348 e. The Morgan fingerprint density at radius 1 is 1.18 bits per heavy atom. The van der Waals surface area contributed by atoms with Crippen LogP contribution >= 0.6 is 23.4 Å². The lowest BCUT2D eigenvalue weighted by Gasteiger charge is -2.28. The predicted octanol–water partition coefficient (Wildman–Crippen LogP) is 5.42. The molecule has 1 aliphatic heterocycles. The van der Waals surface area contributed by atoms with Crippen molar-refractivity contribution in [1.29, 1.82) is 0 Å². The van der Waals surface area contributed by atoms with Gasteiger partial charge in [0.2, 0.25) is 0 Å². The number of hydrogen-bond acceptors (Lipinski definition) is 4. The molecule has 1 aromatic heterocycles. The maximum atomic E-state index is 6.53. The molecule has 2 aromatic rings. The van der Waals surface area contributed by atoms with E-state index in [1.807, 2.05) is 18.3 Å². The number of nitrogens with zero attached hydrogens (tertiary/aromatic N) is 1. The lowest BCUT2D eigenvalue weighted by atomic mass is 10.0. The molecule has 4 rings (SSSR count). The highest BCUT2D eigenvalue weighted by molar-refractivity contribution is 7.99. The zero-order chi connectivity index (χ0) is 19.2. The highest BCUT2D eigenvalue weighted by Crippen LogP contribution is 2.35. The smallest absolute Gasteiger partial charge is 0.176 e. The Morgan fingerprint density at radius 3 is 2.75 bits per heavy atom. The van der Waals surface area contributed by atoms with Gasteiger partial charge in [-0.25, -0.2) is 4.98 Å². The lowest BCUT2D eigenvalue weighted by molar-refractivity contribution is -0.170. The van der Waals surface area contributed by atoms with Gasteiger partial charge in [-0.2, -0.15) is 11.8 Å². The van der Waals surface area contributed by atoms with Crippen LogP contribution in [-0.4, -0.2) is 39.5 Å². The summed E-state index contributed by atoms with van der Waals surface area (Å²) in [5, 5.41) is 1.56. The van der Waals surface area contributed by atoms with Crippen LogP contribution in [0.15, 0.2) is 36.7 Å². The number of halogens is 1. The molecule has 2 aliphatic rings. The molecule has 152 valence electrons. The molecule has 2 heterocycles. The van der Waals surface area contributed by atoms with E-state index in [-0.39, 0.29) is 6.10 Å². The fourth-order valence-corrected chi connectivity index (χ4v) is 5.57. The summed E-state index contributed by atoms with van der Waals surface area (Å²) in [6, 6.07) is 8.04. The molecule has 2 atom stereocenters. The Hall–Kier alpha value is -1.01. The molecule has 1 N–H and O–H groups in total. The van der Waals surface area contributed by atoms with Crippen molar-refractivity contribution in [2.45, 2.75) is 68.5 Å². The summed E-state index contributed by atoms with van der Waals surface area (Å²) in [5.74, 6) is 1.33. The summed E-state index contributed by atoms with van der Waals surface area (Å²) in [7, 11) is 0. The minimum Gasteiger partial charge on any atom is -0.348 e. The van der Waals surface area contributed by atoms with Gasteiger partial charge in [0.15, 0.2) is 5.79 Å². The number of thioether (sulfide) groups is 1. The van der Waals surface area contributed by atoms with E-state index < -0.39 is 5.79 Å². The van der Waals surface area contributed by atoms with Crippen LogP contribution in [0.2, 0.25) is 5.02 Å². The van der Waals surface area contributed by atoms with Crippen LogP contribution in [-0.2, 0) is 22.3 Å². The molecule has 6 heteroatoms. The number of aromatic nitrogens is 2. The zero-order valence-electron chi connectivity index (χ0n) is 16.2. The quantitative estimate of drug-likeness (QED) is 0.619. The molecule has 28 heavy (non-hydrogen) atoms. The molecule has 2 unspecified atom stereocenters. The van der Waals surface area contributed by atoms with E-state index in [0.29, 0.717) is 13.0 Å². The van der Waals surface area contributed by atoms with Crippen molar-refractivity contribution in [3.63, 3.8) is 0 Å². The highest BCUT2D eigenvalue weighted by atomic mass is 35.5. The standard InChI is InChI=1S/C22H29ClN2O2S/c23-18-8-6-17(7-9-18)10-11-22(14-21-24-12-13-25-21)26-15-19(27-22)16-28-20-4-2-1-3-5-20/h6-9,12-13,19-20H,1-5,10-11,14-16H2,(H,24,25). The first-order valence-corrected chi connectivity index (χ1v) is 11.8. The molecule has 0 amide bonds. The fourth-order valence-electron chi connectivity index (χ4n) is 4.12. The normalized spacial score (nSPS) is 26.0. The Morgan fingerprint density at radius 2 is 2.00 bits per heavy atom. The third kappa shape index (κ3) is 5.53. The second kappa shape index (κ2) is 9.66.